The number of hydrogen-bond acceptors (Lipinski definition) is 4. The highest BCUT2D eigenvalue weighted by Crippen LogP contribution is 2.23. The first-order valence-electron chi connectivity index (χ1n) is 8.21. The molecule has 24 heavy (non-hydrogen) atoms. The highest BCUT2D eigenvalue weighted by molar-refractivity contribution is 5.92. The van der Waals surface area contributed by atoms with E-state index in [0.29, 0.717) is 18.2 Å². The predicted octanol–water partition coefficient (Wildman–Crippen LogP) is 3.86. The van der Waals surface area contributed by atoms with E-state index in [2.05, 4.69) is 17.2 Å². The van der Waals surface area contributed by atoms with Gasteiger partial charge in [-0.1, -0.05) is 6.07 Å². The van der Waals surface area contributed by atoms with E-state index in [9.17, 15) is 4.79 Å². The fraction of sp³-hybridized carbons (Fsp3) is 0.368. The average molecular weight is 326 g/mol. The molecule has 2 aromatic rings. The molecule has 0 bridgehead atoms. The van der Waals surface area contributed by atoms with Crippen molar-refractivity contribution >= 4 is 11.6 Å². The standard InChI is InChI=1S/C19H22N2O3/c1-13-5-7-17(10-14(13)2)24-18-8-6-16(11-20-18)21-19(22)15-4-3-9-23-12-15/h5-8,10-11,15H,3-4,9,12H2,1-2H3,(H,21,22). The van der Waals surface area contributed by atoms with Gasteiger partial charge in [-0.05, 0) is 56.0 Å². The summed E-state index contributed by atoms with van der Waals surface area (Å²) in [6.07, 6.45) is 3.41. The third-order valence-corrected chi connectivity index (χ3v) is 4.24. The summed E-state index contributed by atoms with van der Waals surface area (Å²) in [5.41, 5.74) is 3.06. The summed E-state index contributed by atoms with van der Waals surface area (Å²) < 4.78 is 11.1. The van der Waals surface area contributed by atoms with Crippen molar-refractivity contribution in [3.8, 4) is 11.6 Å². The van der Waals surface area contributed by atoms with Gasteiger partial charge in [0.2, 0.25) is 11.8 Å². The molecule has 5 nitrogen and oxygen atoms in total. The number of benzene rings is 1. The van der Waals surface area contributed by atoms with Crippen LogP contribution >= 0.6 is 0 Å². The van der Waals surface area contributed by atoms with E-state index in [1.807, 2.05) is 25.1 Å². The van der Waals surface area contributed by atoms with Crippen molar-refractivity contribution in [3.63, 3.8) is 0 Å². The van der Waals surface area contributed by atoms with Crippen molar-refractivity contribution in [3.05, 3.63) is 47.7 Å². The van der Waals surface area contributed by atoms with Gasteiger partial charge in [-0.2, -0.15) is 0 Å². The van der Waals surface area contributed by atoms with E-state index in [1.165, 1.54) is 11.1 Å². The molecule has 1 N–H and O–H groups in total. The maximum Gasteiger partial charge on any atom is 0.229 e. The molecule has 1 unspecified atom stereocenters. The first-order chi connectivity index (χ1) is 11.6. The van der Waals surface area contributed by atoms with Crippen LogP contribution in [0.5, 0.6) is 11.6 Å². The van der Waals surface area contributed by atoms with Gasteiger partial charge in [-0.3, -0.25) is 4.79 Å². The molecular formula is C19H22N2O3. The van der Waals surface area contributed by atoms with Gasteiger partial charge in [-0.25, -0.2) is 4.98 Å². The Labute approximate surface area is 142 Å². The molecule has 1 atom stereocenters. The Balaban J connectivity index is 1.60. The zero-order chi connectivity index (χ0) is 16.9. The van der Waals surface area contributed by atoms with Crippen LogP contribution in [-0.4, -0.2) is 24.1 Å². The molecule has 5 heteroatoms. The monoisotopic (exact) mass is 326 g/mol. The molecule has 0 aliphatic carbocycles. The van der Waals surface area contributed by atoms with Crippen LogP contribution in [0.1, 0.15) is 24.0 Å². The van der Waals surface area contributed by atoms with Gasteiger partial charge in [0.25, 0.3) is 0 Å². The third-order valence-electron chi connectivity index (χ3n) is 4.24. The van der Waals surface area contributed by atoms with Crippen LogP contribution in [0.4, 0.5) is 5.69 Å². The fourth-order valence-electron chi connectivity index (χ4n) is 2.60. The minimum absolute atomic E-state index is 0.0145. The van der Waals surface area contributed by atoms with Crippen molar-refractivity contribution in [2.45, 2.75) is 26.7 Å². The molecule has 1 aromatic carbocycles. The van der Waals surface area contributed by atoms with Crippen LogP contribution in [0.2, 0.25) is 0 Å². The van der Waals surface area contributed by atoms with E-state index in [-0.39, 0.29) is 11.8 Å². The Kier molecular flexibility index (Phi) is 5.11. The van der Waals surface area contributed by atoms with Crippen molar-refractivity contribution in [1.29, 1.82) is 0 Å². The van der Waals surface area contributed by atoms with E-state index < -0.39 is 0 Å². The molecule has 0 radical (unpaired) electrons. The molecule has 1 amide bonds. The van der Waals surface area contributed by atoms with Crippen LogP contribution < -0.4 is 10.1 Å². The van der Waals surface area contributed by atoms with Crippen LogP contribution in [0.3, 0.4) is 0 Å². The van der Waals surface area contributed by atoms with Gasteiger partial charge in [0.05, 0.1) is 24.4 Å². The highest BCUT2D eigenvalue weighted by atomic mass is 16.5. The van der Waals surface area contributed by atoms with Crippen LogP contribution in [-0.2, 0) is 9.53 Å². The first kappa shape index (κ1) is 16.5. The van der Waals surface area contributed by atoms with Crippen molar-refractivity contribution in [1.82, 2.24) is 4.98 Å². The number of ether oxygens (including phenoxy) is 2. The molecule has 1 aliphatic rings. The van der Waals surface area contributed by atoms with Gasteiger partial charge >= 0.3 is 0 Å². The van der Waals surface area contributed by atoms with Crippen molar-refractivity contribution in [2.24, 2.45) is 5.92 Å². The number of carbonyl (C=O) groups is 1. The Hall–Kier alpha value is -2.40. The van der Waals surface area contributed by atoms with Gasteiger partial charge < -0.3 is 14.8 Å². The predicted molar refractivity (Wildman–Crippen MR) is 92.4 cm³/mol. The Morgan fingerprint density at radius 1 is 1.25 bits per heavy atom. The minimum Gasteiger partial charge on any atom is -0.439 e. The summed E-state index contributed by atoms with van der Waals surface area (Å²) in [6.45, 7) is 5.35. The number of nitrogens with zero attached hydrogens (tertiary/aromatic N) is 1. The SMILES string of the molecule is Cc1ccc(Oc2ccc(NC(=O)C3CCCOC3)cn2)cc1C. The second kappa shape index (κ2) is 7.45. The van der Waals surface area contributed by atoms with Crippen LogP contribution in [0.25, 0.3) is 0 Å². The number of carbonyl (C=O) groups excluding carboxylic acids is 1. The second-order valence-corrected chi connectivity index (χ2v) is 6.14. The molecule has 2 heterocycles. The molecule has 0 saturated carbocycles. The first-order valence-corrected chi connectivity index (χ1v) is 8.21. The number of nitrogens with one attached hydrogen (secondary N) is 1. The lowest BCUT2D eigenvalue weighted by molar-refractivity contribution is -0.123. The number of hydrogen-bond donors (Lipinski definition) is 1. The lowest BCUT2D eigenvalue weighted by Gasteiger charge is -2.21. The molecular weight excluding hydrogens is 304 g/mol. The fourth-order valence-corrected chi connectivity index (χ4v) is 2.60. The largest absolute Gasteiger partial charge is 0.439 e. The average Bonchev–Trinajstić information content (AvgIpc) is 2.61. The summed E-state index contributed by atoms with van der Waals surface area (Å²) in [6, 6.07) is 9.47. The maximum absolute atomic E-state index is 12.2. The third kappa shape index (κ3) is 4.11. The number of aryl methyl sites for hydroxylation is 2. The van der Waals surface area contributed by atoms with Gasteiger partial charge in [0.1, 0.15) is 5.75 Å². The Morgan fingerprint density at radius 2 is 2.12 bits per heavy atom. The van der Waals surface area contributed by atoms with Crippen LogP contribution in [0.15, 0.2) is 36.5 Å². The maximum atomic E-state index is 12.2. The normalized spacial score (nSPS) is 17.3. The Bertz CT molecular complexity index is 707. The topological polar surface area (TPSA) is 60.5 Å². The summed E-state index contributed by atoms with van der Waals surface area (Å²) in [5.74, 6) is 1.16. The van der Waals surface area contributed by atoms with Gasteiger partial charge in [0, 0.05) is 12.7 Å². The van der Waals surface area contributed by atoms with Crippen molar-refractivity contribution < 1.29 is 14.3 Å². The van der Waals surface area contributed by atoms with Gasteiger partial charge in [-0.15, -0.1) is 0 Å². The van der Waals surface area contributed by atoms with Crippen molar-refractivity contribution in [2.75, 3.05) is 18.5 Å². The number of pyridine rings is 1. The van der Waals surface area contributed by atoms with E-state index >= 15 is 0 Å². The lowest BCUT2D eigenvalue weighted by atomic mass is 10.0. The van der Waals surface area contributed by atoms with E-state index in [4.69, 9.17) is 9.47 Å². The molecule has 1 fully saturated rings. The minimum atomic E-state index is -0.0785. The van der Waals surface area contributed by atoms with E-state index in [0.717, 1.165) is 25.2 Å². The van der Waals surface area contributed by atoms with E-state index in [1.54, 1.807) is 18.3 Å². The molecule has 126 valence electrons. The molecule has 1 saturated heterocycles. The summed E-state index contributed by atoms with van der Waals surface area (Å²) in [5, 5.41) is 2.88. The second-order valence-electron chi connectivity index (χ2n) is 6.14. The molecule has 1 aliphatic heterocycles. The number of anilines is 1. The summed E-state index contributed by atoms with van der Waals surface area (Å²) >= 11 is 0. The number of aromatic nitrogens is 1. The summed E-state index contributed by atoms with van der Waals surface area (Å²) in [4.78, 5) is 16.4. The quantitative estimate of drug-likeness (QED) is 0.927. The van der Waals surface area contributed by atoms with Gasteiger partial charge in [0.15, 0.2) is 0 Å². The zero-order valence-electron chi connectivity index (χ0n) is 14.0. The highest BCUT2D eigenvalue weighted by Gasteiger charge is 2.21. The summed E-state index contributed by atoms with van der Waals surface area (Å²) in [7, 11) is 0. The number of amides is 1. The molecule has 1 aromatic heterocycles. The molecule has 3 rings (SSSR count). The van der Waals surface area contributed by atoms with Crippen LogP contribution in [0, 0.1) is 19.8 Å². The Morgan fingerprint density at radius 3 is 2.79 bits per heavy atom. The smallest absolute Gasteiger partial charge is 0.229 e. The zero-order valence-corrected chi connectivity index (χ0v) is 14.0. The molecule has 0 spiro atoms. The lowest BCUT2D eigenvalue weighted by Crippen LogP contribution is -2.30. The number of rotatable bonds is 4.